The van der Waals surface area contributed by atoms with Crippen molar-refractivity contribution in [3.8, 4) is 84.3 Å². The van der Waals surface area contributed by atoms with E-state index >= 15 is 0 Å². The predicted molar refractivity (Wildman–Crippen MR) is 303 cm³/mol. The molecule has 0 saturated heterocycles. The predicted octanol–water partition coefficient (Wildman–Crippen LogP) is 17.6. The van der Waals surface area contributed by atoms with Gasteiger partial charge in [-0.05, 0) is 119 Å². The molecule has 6 heteroatoms. The number of pyridine rings is 1. The maximum atomic E-state index is 6.82. The van der Waals surface area contributed by atoms with E-state index in [2.05, 4.69) is 250 Å². The molecule has 0 saturated carbocycles. The number of ether oxygens (including phenoxy) is 1. The smallest absolute Gasteiger partial charge is 0.268 e. The van der Waals surface area contributed by atoms with Crippen molar-refractivity contribution >= 4 is 32.8 Å². The Morgan fingerprint density at radius 3 is 1.79 bits per heavy atom. The Morgan fingerprint density at radius 1 is 0.480 bits per heavy atom. The van der Waals surface area contributed by atoms with Crippen molar-refractivity contribution in [3.05, 3.63) is 235 Å². The molecule has 1 aliphatic heterocycles. The van der Waals surface area contributed by atoms with E-state index in [0.29, 0.717) is 29.3 Å². The number of rotatable bonds is 9. The van der Waals surface area contributed by atoms with Gasteiger partial charge in [-0.3, -0.25) is 4.57 Å². The number of aromatic nitrogens is 4. The normalized spacial score (nSPS) is 11.9. The number of nitrogens with zero attached hydrogens (tertiary/aromatic N) is 4. The molecule has 0 spiro atoms. The SMILES string of the molecule is CC(C)c1cc(C(C)C)c(-c2ccnc(-n3c4[c-]c(Oc5[c-]c(-n6[c-][n+]7c8c(cccc86)-c6ccccc6-c6ccccc6-c6cccc(-c8ccccc8)c6-7)ccc5)ccc4c4ccccc43)c2)c(C(C)C)c1.[Pt]. The van der Waals surface area contributed by atoms with Crippen LogP contribution in [0.2, 0.25) is 0 Å². The van der Waals surface area contributed by atoms with Crippen molar-refractivity contribution in [1.82, 2.24) is 14.1 Å². The maximum absolute atomic E-state index is 6.82. The van der Waals surface area contributed by atoms with Crippen LogP contribution in [0.1, 0.15) is 76.0 Å². The van der Waals surface area contributed by atoms with Crippen LogP contribution in [0.15, 0.2) is 200 Å². The average Bonchev–Trinajstić information content (AvgIpc) is 4.00. The summed E-state index contributed by atoms with van der Waals surface area (Å²) in [6.07, 6.45) is 5.85. The van der Waals surface area contributed by atoms with Crippen LogP contribution in [0.25, 0.3) is 106 Å². The quantitative estimate of drug-likeness (QED) is 0.107. The molecule has 1 aliphatic rings. The third-order valence-corrected chi connectivity index (χ3v) is 14.9. The van der Waals surface area contributed by atoms with Crippen LogP contribution in [-0.4, -0.2) is 14.1 Å². The van der Waals surface area contributed by atoms with Gasteiger partial charge in [0.05, 0.1) is 16.7 Å². The van der Waals surface area contributed by atoms with Crippen LogP contribution >= 0.6 is 0 Å². The van der Waals surface area contributed by atoms with Gasteiger partial charge in [-0.15, -0.1) is 29.7 Å². The van der Waals surface area contributed by atoms with Crippen LogP contribution in [0.3, 0.4) is 0 Å². The molecule has 0 radical (unpaired) electrons. The Balaban J connectivity index is 0.00000569. The Labute approximate surface area is 453 Å². The maximum Gasteiger partial charge on any atom is 0.268 e. The summed E-state index contributed by atoms with van der Waals surface area (Å²) in [4.78, 5) is 5.07. The van der Waals surface area contributed by atoms with Gasteiger partial charge in [0, 0.05) is 44.3 Å². The largest absolute Gasteiger partial charge is 0.510 e. The number of para-hydroxylation sites is 3. The van der Waals surface area contributed by atoms with E-state index in [1.54, 1.807) is 0 Å². The van der Waals surface area contributed by atoms with Gasteiger partial charge in [0.15, 0.2) is 0 Å². The molecule has 75 heavy (non-hydrogen) atoms. The number of fused-ring (bicyclic) bond motifs is 10. The van der Waals surface area contributed by atoms with Crippen molar-refractivity contribution in [2.24, 2.45) is 0 Å². The van der Waals surface area contributed by atoms with Crippen molar-refractivity contribution in [2.45, 2.75) is 59.3 Å². The first-order valence-corrected chi connectivity index (χ1v) is 25.9. The summed E-state index contributed by atoms with van der Waals surface area (Å²) in [5, 5.41) is 2.20. The topological polar surface area (TPSA) is 35.9 Å². The van der Waals surface area contributed by atoms with Crippen molar-refractivity contribution in [1.29, 1.82) is 0 Å². The minimum absolute atomic E-state index is 0. The second-order valence-electron chi connectivity index (χ2n) is 20.5. The summed E-state index contributed by atoms with van der Waals surface area (Å²) in [5.74, 6) is 3.11. The summed E-state index contributed by atoms with van der Waals surface area (Å²) >= 11 is 0. The van der Waals surface area contributed by atoms with Gasteiger partial charge in [-0.1, -0.05) is 193 Å². The summed E-state index contributed by atoms with van der Waals surface area (Å²) in [6.45, 7) is 13.8. The van der Waals surface area contributed by atoms with Gasteiger partial charge >= 0.3 is 0 Å². The van der Waals surface area contributed by atoms with Gasteiger partial charge in [0.25, 0.3) is 6.33 Å². The molecule has 0 aliphatic carbocycles. The fourth-order valence-electron chi connectivity index (χ4n) is 11.4. The van der Waals surface area contributed by atoms with Crippen molar-refractivity contribution in [3.63, 3.8) is 0 Å². The molecule has 9 aromatic carbocycles. The molecule has 0 atom stereocenters. The van der Waals surface area contributed by atoms with Crippen LogP contribution < -0.4 is 9.30 Å². The first-order valence-electron chi connectivity index (χ1n) is 25.9. The fraction of sp³-hybridized carbons (Fsp3) is 0.130. The zero-order valence-electron chi connectivity index (χ0n) is 42.8. The fourth-order valence-corrected chi connectivity index (χ4v) is 11.4. The van der Waals surface area contributed by atoms with Gasteiger partial charge in [-0.25, -0.2) is 4.98 Å². The molecule has 0 fully saturated rings. The van der Waals surface area contributed by atoms with E-state index in [0.717, 1.165) is 89.0 Å². The Hall–Kier alpha value is -8.11. The van der Waals surface area contributed by atoms with Gasteiger partial charge in [-0.2, -0.15) is 18.2 Å². The summed E-state index contributed by atoms with van der Waals surface area (Å²) in [6, 6.07) is 76.9. The van der Waals surface area contributed by atoms with Crippen LogP contribution in [-0.2, 0) is 21.1 Å². The molecule has 13 rings (SSSR count). The first-order chi connectivity index (χ1) is 36.2. The third kappa shape index (κ3) is 8.13. The van der Waals surface area contributed by atoms with Crippen molar-refractivity contribution < 1.29 is 30.4 Å². The van der Waals surface area contributed by atoms with Crippen LogP contribution in [0.4, 0.5) is 0 Å². The first kappa shape index (κ1) is 47.9. The van der Waals surface area contributed by atoms with Crippen molar-refractivity contribution in [2.75, 3.05) is 0 Å². The van der Waals surface area contributed by atoms with E-state index < -0.39 is 0 Å². The Morgan fingerprint density at radius 2 is 1.07 bits per heavy atom. The molecule has 0 amide bonds. The van der Waals surface area contributed by atoms with E-state index in [4.69, 9.17) is 9.72 Å². The number of hydrogen-bond donors (Lipinski definition) is 0. The number of imidazole rings is 1. The number of benzene rings is 9. The second kappa shape index (κ2) is 19.3. The van der Waals surface area contributed by atoms with E-state index in [1.807, 2.05) is 24.4 Å². The number of hydrogen-bond acceptors (Lipinski definition) is 2. The molecular formula is C69H54N4OPt-2. The third-order valence-electron chi connectivity index (χ3n) is 14.9. The molecule has 0 bridgehead atoms. The summed E-state index contributed by atoms with van der Waals surface area (Å²) in [7, 11) is 0. The Bertz CT molecular complexity index is 4130. The zero-order valence-corrected chi connectivity index (χ0v) is 45.1. The summed E-state index contributed by atoms with van der Waals surface area (Å²) in [5.41, 5.74) is 21.6. The molecule has 3 aromatic heterocycles. The monoisotopic (exact) mass is 1150 g/mol. The molecule has 4 heterocycles. The van der Waals surface area contributed by atoms with E-state index in [1.165, 1.54) is 33.4 Å². The minimum atomic E-state index is 0. The van der Waals surface area contributed by atoms with Gasteiger partial charge in [0.1, 0.15) is 5.82 Å². The van der Waals surface area contributed by atoms with Gasteiger partial charge in [0.2, 0.25) is 0 Å². The van der Waals surface area contributed by atoms with Gasteiger partial charge < -0.3 is 13.9 Å². The molecule has 5 nitrogen and oxygen atoms in total. The van der Waals surface area contributed by atoms with Crippen LogP contribution in [0.5, 0.6) is 11.5 Å². The van der Waals surface area contributed by atoms with Crippen LogP contribution in [0, 0.1) is 18.5 Å². The molecular weight excluding hydrogens is 1100 g/mol. The average molecular weight is 1150 g/mol. The molecule has 0 unspecified atom stereocenters. The minimum Gasteiger partial charge on any atom is -0.510 e. The van der Waals surface area contributed by atoms with E-state index in [9.17, 15) is 0 Å². The zero-order chi connectivity index (χ0) is 50.2. The molecule has 0 N–H and O–H groups in total. The molecule has 12 aromatic rings. The Kier molecular flexibility index (Phi) is 12.3. The second-order valence-corrected chi connectivity index (χ2v) is 20.5. The van der Waals surface area contributed by atoms with E-state index in [-0.39, 0.29) is 21.1 Å². The summed E-state index contributed by atoms with van der Waals surface area (Å²) < 4.78 is 13.5. The standard InChI is InChI=1S/C69H54N4O.Pt/c1-43(2)48-37-61(44(3)4)67(62(38-48)45(5)6)47-35-36-70-66(39-47)73-63-31-15-14-27-57(63)58-34-33-51(41-65(58)73)74-50-22-16-21-49(40-50)71-42-72-68-52(46-19-8-7-9-20-46)28-17-29-59(68)55-25-12-10-23-53(55)54-24-11-13-26-56(54)60-30-18-32-64(71)69(60)72;/h7-39,43-45H,1-6H3;/q-2;. The molecule has 368 valence electrons.